The van der Waals surface area contributed by atoms with Gasteiger partial charge in [-0.05, 0) is 18.2 Å². The average Bonchev–Trinajstić information content (AvgIpc) is 3.05. The summed E-state index contributed by atoms with van der Waals surface area (Å²) in [7, 11) is 0. The second-order valence-electron chi connectivity index (χ2n) is 4.59. The summed E-state index contributed by atoms with van der Waals surface area (Å²) in [5, 5.41) is 21.7. The Kier molecular flexibility index (Phi) is 4.20. The van der Waals surface area contributed by atoms with E-state index in [-0.39, 0.29) is 17.1 Å². The van der Waals surface area contributed by atoms with Crippen molar-refractivity contribution >= 4 is 23.4 Å². The monoisotopic (exact) mass is 342 g/mol. The molecule has 0 aliphatic rings. The number of nitro benzene ring substituents is 1. The van der Waals surface area contributed by atoms with Crippen molar-refractivity contribution in [3.8, 4) is 11.3 Å². The third kappa shape index (κ3) is 3.08. The van der Waals surface area contributed by atoms with E-state index in [1.807, 2.05) is 6.07 Å². The number of non-ortho nitro benzene ring substituents is 1. The average molecular weight is 342 g/mol. The van der Waals surface area contributed by atoms with Gasteiger partial charge in [0.2, 0.25) is 0 Å². The van der Waals surface area contributed by atoms with Crippen LogP contribution in [0.5, 0.6) is 0 Å². The van der Waals surface area contributed by atoms with E-state index in [0.29, 0.717) is 15.5 Å². The molecular weight excluding hydrogens is 332 g/mol. The van der Waals surface area contributed by atoms with Gasteiger partial charge < -0.3 is 5.73 Å². The number of aromatic amines is 1. The van der Waals surface area contributed by atoms with Crippen molar-refractivity contribution in [2.45, 2.75) is 9.92 Å². The molecule has 0 bridgehead atoms. The number of nitro groups is 1. The second-order valence-corrected chi connectivity index (χ2v) is 5.65. The van der Waals surface area contributed by atoms with Crippen molar-refractivity contribution in [2.24, 2.45) is 5.73 Å². The molecule has 24 heavy (non-hydrogen) atoms. The quantitative estimate of drug-likeness (QED) is 0.533. The minimum Gasteiger partial charge on any atom is -0.364 e. The Morgan fingerprint density at radius 3 is 2.75 bits per heavy atom. The van der Waals surface area contributed by atoms with Crippen LogP contribution in [0, 0.1) is 10.1 Å². The number of hydrogen-bond donors (Lipinski definition) is 2. The summed E-state index contributed by atoms with van der Waals surface area (Å²) >= 11 is 1.29. The molecule has 3 N–H and O–H groups in total. The fourth-order valence-corrected chi connectivity index (χ4v) is 2.90. The second kappa shape index (κ2) is 6.46. The van der Waals surface area contributed by atoms with Gasteiger partial charge in [0.15, 0.2) is 5.69 Å². The third-order valence-corrected chi connectivity index (χ3v) is 4.09. The number of carbonyl (C=O) groups excluding carboxylic acids is 1. The number of nitrogens with one attached hydrogen (secondary N) is 1. The van der Waals surface area contributed by atoms with Crippen LogP contribution in [0.1, 0.15) is 10.5 Å². The number of hydrogen-bond acceptors (Lipinski definition) is 7. The number of aromatic nitrogens is 4. The van der Waals surface area contributed by atoms with Crippen LogP contribution in [-0.2, 0) is 0 Å². The largest absolute Gasteiger partial charge is 0.364 e. The topological polar surface area (TPSA) is 141 Å². The molecule has 3 aromatic rings. The molecule has 1 amide bonds. The van der Waals surface area contributed by atoms with Crippen LogP contribution in [0.4, 0.5) is 5.69 Å². The summed E-state index contributed by atoms with van der Waals surface area (Å²) in [6.45, 7) is 0. The molecule has 2 aromatic heterocycles. The number of H-pyrrole nitrogens is 1. The minimum atomic E-state index is -0.779. The Morgan fingerprint density at radius 1 is 1.25 bits per heavy atom. The lowest BCUT2D eigenvalue weighted by Crippen LogP contribution is -2.13. The van der Waals surface area contributed by atoms with Gasteiger partial charge >= 0.3 is 0 Å². The highest BCUT2D eigenvalue weighted by Crippen LogP contribution is 2.37. The zero-order valence-electron chi connectivity index (χ0n) is 12.0. The molecular formula is C14H10N6O3S. The number of carbonyl (C=O) groups is 1. The zero-order valence-corrected chi connectivity index (χ0v) is 12.9. The standard InChI is InChI=1S/C14H10N6O3S/c15-14(21)13-12(17-19-18-13)9-7-8(20(22)23)4-5-10(9)24-11-3-1-2-6-16-11/h1-7H,(H2,15,21)(H,17,18,19). The van der Waals surface area contributed by atoms with Crippen molar-refractivity contribution in [3.63, 3.8) is 0 Å². The first-order valence-electron chi connectivity index (χ1n) is 6.64. The van der Waals surface area contributed by atoms with Crippen LogP contribution >= 0.6 is 11.8 Å². The van der Waals surface area contributed by atoms with Gasteiger partial charge in [-0.1, -0.05) is 17.8 Å². The summed E-state index contributed by atoms with van der Waals surface area (Å²) in [6.07, 6.45) is 1.64. The van der Waals surface area contributed by atoms with Gasteiger partial charge in [0.25, 0.3) is 11.6 Å². The smallest absolute Gasteiger partial charge is 0.271 e. The zero-order chi connectivity index (χ0) is 17.1. The van der Waals surface area contributed by atoms with E-state index < -0.39 is 10.8 Å². The van der Waals surface area contributed by atoms with Crippen molar-refractivity contribution < 1.29 is 9.72 Å². The van der Waals surface area contributed by atoms with Crippen molar-refractivity contribution in [1.82, 2.24) is 20.4 Å². The van der Waals surface area contributed by atoms with Crippen LogP contribution in [0.15, 0.2) is 52.5 Å². The first-order chi connectivity index (χ1) is 11.6. The van der Waals surface area contributed by atoms with Crippen LogP contribution in [0.2, 0.25) is 0 Å². The predicted octanol–water partition coefficient (Wildman–Crippen LogP) is 2.02. The molecule has 0 atom stereocenters. The van der Waals surface area contributed by atoms with E-state index in [1.165, 1.54) is 23.9 Å². The molecule has 0 fully saturated rings. The maximum absolute atomic E-state index is 11.5. The molecule has 0 radical (unpaired) electrons. The molecule has 120 valence electrons. The third-order valence-electron chi connectivity index (χ3n) is 3.06. The van der Waals surface area contributed by atoms with E-state index in [4.69, 9.17) is 5.73 Å². The summed E-state index contributed by atoms with van der Waals surface area (Å²) in [5.74, 6) is -0.779. The molecule has 9 nitrogen and oxygen atoms in total. The molecule has 0 aliphatic heterocycles. The highest BCUT2D eigenvalue weighted by atomic mass is 32.2. The van der Waals surface area contributed by atoms with Crippen LogP contribution in [-0.4, -0.2) is 31.2 Å². The van der Waals surface area contributed by atoms with E-state index in [2.05, 4.69) is 20.4 Å². The van der Waals surface area contributed by atoms with Crippen LogP contribution in [0.25, 0.3) is 11.3 Å². The molecule has 10 heteroatoms. The minimum absolute atomic E-state index is 0.0848. The van der Waals surface area contributed by atoms with Crippen LogP contribution < -0.4 is 5.73 Å². The highest BCUT2D eigenvalue weighted by molar-refractivity contribution is 7.99. The predicted molar refractivity (Wildman–Crippen MR) is 85.4 cm³/mol. The van der Waals surface area contributed by atoms with Crippen molar-refractivity contribution in [1.29, 1.82) is 0 Å². The summed E-state index contributed by atoms with van der Waals surface area (Å²) in [6, 6.07) is 9.68. The van der Waals surface area contributed by atoms with Gasteiger partial charge in [0.05, 0.1) is 4.92 Å². The van der Waals surface area contributed by atoms with E-state index in [9.17, 15) is 14.9 Å². The van der Waals surface area contributed by atoms with Gasteiger partial charge in [0.1, 0.15) is 10.7 Å². The van der Waals surface area contributed by atoms with Gasteiger partial charge in [-0.2, -0.15) is 15.4 Å². The van der Waals surface area contributed by atoms with Gasteiger partial charge in [0, 0.05) is 28.8 Å². The Hall–Kier alpha value is -3.27. The van der Waals surface area contributed by atoms with E-state index >= 15 is 0 Å². The van der Waals surface area contributed by atoms with Gasteiger partial charge in [-0.25, -0.2) is 4.98 Å². The Morgan fingerprint density at radius 2 is 2.08 bits per heavy atom. The molecule has 0 unspecified atom stereocenters. The molecule has 1 aromatic carbocycles. The SMILES string of the molecule is NC(=O)c1n[nH]nc1-c1cc([N+](=O)[O-])ccc1Sc1ccccn1. The summed E-state index contributed by atoms with van der Waals surface area (Å²) in [5.41, 5.74) is 5.60. The lowest BCUT2D eigenvalue weighted by molar-refractivity contribution is -0.384. The lowest BCUT2D eigenvalue weighted by atomic mass is 10.1. The number of nitrogens with two attached hydrogens (primary N) is 1. The Balaban J connectivity index is 2.13. The Labute approximate surface area is 139 Å². The molecule has 0 saturated heterocycles. The number of benzene rings is 1. The molecule has 0 spiro atoms. The molecule has 0 aliphatic carbocycles. The summed E-state index contributed by atoms with van der Waals surface area (Å²) < 4.78 is 0. The Bertz CT molecular complexity index is 912. The number of amides is 1. The highest BCUT2D eigenvalue weighted by Gasteiger charge is 2.21. The fourth-order valence-electron chi connectivity index (χ4n) is 2.02. The van der Waals surface area contributed by atoms with E-state index in [0.717, 1.165) is 0 Å². The normalized spacial score (nSPS) is 10.5. The van der Waals surface area contributed by atoms with Crippen molar-refractivity contribution in [3.05, 3.63) is 58.4 Å². The van der Waals surface area contributed by atoms with Gasteiger partial charge in [-0.3, -0.25) is 14.9 Å². The first-order valence-corrected chi connectivity index (χ1v) is 7.46. The van der Waals surface area contributed by atoms with Crippen LogP contribution in [0.3, 0.4) is 0 Å². The maximum atomic E-state index is 11.5. The molecule has 2 heterocycles. The maximum Gasteiger partial charge on any atom is 0.271 e. The number of nitrogens with zero attached hydrogens (tertiary/aromatic N) is 4. The van der Waals surface area contributed by atoms with Crippen molar-refractivity contribution in [2.75, 3.05) is 0 Å². The molecule has 0 saturated carbocycles. The summed E-state index contributed by atoms with van der Waals surface area (Å²) in [4.78, 5) is 26.9. The fraction of sp³-hybridized carbons (Fsp3) is 0. The number of rotatable bonds is 5. The van der Waals surface area contributed by atoms with E-state index in [1.54, 1.807) is 24.4 Å². The lowest BCUT2D eigenvalue weighted by Gasteiger charge is -2.07. The molecule has 3 rings (SSSR count). The number of pyridine rings is 1. The first kappa shape index (κ1) is 15.6. The van der Waals surface area contributed by atoms with Gasteiger partial charge in [-0.15, -0.1) is 0 Å². The number of primary amides is 1.